The van der Waals surface area contributed by atoms with Gasteiger partial charge in [0.15, 0.2) is 6.23 Å². The maximum Gasteiger partial charge on any atom is 0.408 e. The minimum Gasteiger partial charge on any atom is -0.756 e. The molecule has 1 aromatic heterocycles. The molecule has 26 nitrogen and oxygen atoms in total. The molecular weight excluding hydrogens is 1090 g/mol. The Morgan fingerprint density at radius 1 is 0.987 bits per heavy atom. The van der Waals surface area contributed by atoms with Gasteiger partial charge in [0.25, 0.3) is 34.9 Å². The van der Waals surface area contributed by atoms with Crippen molar-refractivity contribution >= 4 is 58.1 Å². The van der Waals surface area contributed by atoms with E-state index in [0.717, 1.165) is 32.9 Å². The van der Waals surface area contributed by atoms with Crippen LogP contribution in [-0.4, -0.2) is 91.8 Å². The van der Waals surface area contributed by atoms with Crippen LogP contribution in [0.4, 0.5) is 10.5 Å². The highest BCUT2D eigenvalue weighted by atomic mass is 31.3. The summed E-state index contributed by atoms with van der Waals surface area (Å²) in [4.78, 5) is 105. The maximum absolute atomic E-state index is 13.6. The van der Waals surface area contributed by atoms with Crippen molar-refractivity contribution in [2.45, 2.75) is 46.4 Å². The van der Waals surface area contributed by atoms with Crippen molar-refractivity contribution in [1.82, 2.24) is 20.2 Å². The number of carbonyl (C=O) groups excluding carboxylic acids is 2. The number of carbonyl (C=O) groups is 3. The van der Waals surface area contributed by atoms with E-state index < -0.39 is 71.6 Å². The highest BCUT2D eigenvalue weighted by Gasteiger charge is 2.34. The van der Waals surface area contributed by atoms with Gasteiger partial charge in [-0.2, -0.15) is 0 Å². The molecule has 0 radical (unpaired) electrons. The largest absolute Gasteiger partial charge is 0.756 e. The molecule has 3 heterocycles. The van der Waals surface area contributed by atoms with E-state index in [9.17, 15) is 57.5 Å². The van der Waals surface area contributed by atoms with Crippen molar-refractivity contribution in [3.05, 3.63) is 139 Å². The normalized spacial score (nSPS) is 16.7. The predicted octanol–water partition coefficient (Wildman–Crippen LogP) is 2.34. The van der Waals surface area contributed by atoms with Gasteiger partial charge in [-0.25, -0.2) is 28.0 Å². The second-order valence-corrected chi connectivity index (χ2v) is 21.4. The zero-order valence-corrected chi connectivity index (χ0v) is 45.2. The second-order valence-electron chi connectivity index (χ2n) is 16.8. The zero-order valence-electron chi connectivity index (χ0n) is 42.5. The number of phosphoric acid groups is 3. The van der Waals surface area contributed by atoms with Crippen LogP contribution in [0, 0.1) is 25.7 Å². The molecule has 6 N–H and O–H groups in total. The average molecular weight is 1140 g/mol. The third-order valence-electron chi connectivity index (χ3n) is 11.2. The lowest BCUT2D eigenvalue weighted by Gasteiger charge is -2.34. The highest BCUT2D eigenvalue weighted by molar-refractivity contribution is 7.65. The van der Waals surface area contributed by atoms with Crippen molar-refractivity contribution in [3.8, 4) is 34.3 Å². The van der Waals surface area contributed by atoms with Crippen molar-refractivity contribution < 1.29 is 89.2 Å². The third kappa shape index (κ3) is 15.5. The number of carboxylic acid groups (broad SMARTS) is 1. The van der Waals surface area contributed by atoms with Gasteiger partial charge in [-0.1, -0.05) is 31.1 Å². The summed E-state index contributed by atoms with van der Waals surface area (Å²) in [5, 5.41) is 20.4. The number of rotatable bonds is 24. The van der Waals surface area contributed by atoms with E-state index in [4.69, 9.17) is 18.6 Å². The lowest BCUT2D eigenvalue weighted by molar-refractivity contribution is -0.496. The van der Waals surface area contributed by atoms with Crippen LogP contribution in [0.3, 0.4) is 0 Å². The first-order valence-electron chi connectivity index (χ1n) is 23.5. The molecular formula is C49H53N6O20P3-2. The van der Waals surface area contributed by atoms with Crippen molar-refractivity contribution in [1.29, 1.82) is 0 Å². The van der Waals surface area contributed by atoms with E-state index in [1.54, 1.807) is 0 Å². The minimum absolute atomic E-state index is 0.0260. The molecule has 0 fully saturated rings. The molecule has 0 bridgehead atoms. The number of fused-ring (bicyclic) bond motifs is 2. The molecule has 6 rings (SSSR count). The van der Waals surface area contributed by atoms with Gasteiger partial charge < -0.3 is 63.4 Å². The van der Waals surface area contributed by atoms with Gasteiger partial charge >= 0.3 is 17.8 Å². The number of hydrogen-bond acceptors (Lipinski definition) is 20. The first kappa shape index (κ1) is 60.0. The van der Waals surface area contributed by atoms with Gasteiger partial charge in [0.2, 0.25) is 5.36 Å². The molecule has 3 aromatic rings. The number of aromatic amines is 1. The summed E-state index contributed by atoms with van der Waals surface area (Å²) in [5.41, 5.74) is 3.03. The fourth-order valence-electron chi connectivity index (χ4n) is 7.66. The van der Waals surface area contributed by atoms with Crippen LogP contribution in [0.25, 0.3) is 33.4 Å². The molecule has 2 amide bonds. The Morgan fingerprint density at radius 2 is 1.73 bits per heavy atom. The summed E-state index contributed by atoms with van der Waals surface area (Å²) >= 11 is 0. The Bertz CT molecular complexity index is 3580. The fourth-order valence-corrected chi connectivity index (χ4v) is 10.8. The number of anilines is 1. The molecule has 0 saturated heterocycles. The van der Waals surface area contributed by atoms with Crippen LogP contribution in [-0.2, 0) is 45.6 Å². The summed E-state index contributed by atoms with van der Waals surface area (Å²) in [6.07, 6.45) is -0.143. The second kappa shape index (κ2) is 25.9. The molecule has 3 aliphatic rings. The first-order chi connectivity index (χ1) is 36.9. The smallest absolute Gasteiger partial charge is 0.408 e. The van der Waals surface area contributed by atoms with Crippen molar-refractivity contribution in [2.75, 3.05) is 58.4 Å². The molecule has 0 saturated carbocycles. The van der Waals surface area contributed by atoms with Gasteiger partial charge in [0, 0.05) is 71.9 Å². The van der Waals surface area contributed by atoms with Crippen LogP contribution in [0.2, 0.25) is 0 Å². The summed E-state index contributed by atoms with van der Waals surface area (Å²) in [6, 6.07) is 12.0. The van der Waals surface area contributed by atoms with E-state index in [1.807, 2.05) is 56.9 Å². The van der Waals surface area contributed by atoms with Gasteiger partial charge in [-0.3, -0.25) is 32.8 Å². The molecule has 5 atom stereocenters. The maximum atomic E-state index is 13.6. The Hall–Kier alpha value is -7.23. The molecule has 1 aliphatic carbocycles. The van der Waals surface area contributed by atoms with Crippen LogP contribution in [0.5, 0.6) is 0 Å². The zero-order chi connectivity index (χ0) is 57.1. The number of aromatic nitrogens is 2. The Balaban J connectivity index is 1.05. The van der Waals surface area contributed by atoms with Crippen molar-refractivity contribution in [2.24, 2.45) is 0 Å². The minimum atomic E-state index is -6.09. The van der Waals surface area contributed by atoms with E-state index in [1.165, 1.54) is 30.4 Å². The monoisotopic (exact) mass is 1140 g/mol. The number of carboxylic acids is 1. The van der Waals surface area contributed by atoms with Gasteiger partial charge in [-0.15, -0.1) is 0 Å². The standard InChI is InChI=1S/C49H55N6O20P3/c1-8-18-69-41-24-43(73-42(41)27-71-77(64,65)75-78(66,67)74-76(62,63)68-7)55-25-32(46(57)54-48(55)60)12-11-16-53-49(61)70-26-28(4)15-17-52-45(56)31-13-14-33(47(58)59)34(21-31)44-35-19-29(5)37(50-9-2)22-39(35)72-40-23-38(51-10-3)30(6)20-36(40)44/h8,13-14,19-25,42-43,50H,1,4,9-10,15-18,26-27H2,2-3,5-7H3,(H,52,56)(H,53,61)(H,58,59)(H,62,63)(H,64,65)(H,66,67)(H,54,57,60)/p-2/t42-,43-/m1/s1. The molecule has 2 aliphatic heterocycles. The van der Waals surface area contributed by atoms with E-state index >= 15 is 0 Å². The number of phosphoric ester groups is 2. The van der Waals surface area contributed by atoms with E-state index in [2.05, 4.69) is 63.6 Å². The van der Waals surface area contributed by atoms with Gasteiger partial charge in [0.05, 0.1) is 24.8 Å². The number of nitrogens with zero attached hydrogens (tertiary/aromatic N) is 1. The number of ether oxygens (including phenoxy) is 3. The SMILES string of the molecule is C=CCOC1=C[C@H](n2cc(C#CCNC(=O)OCC(=C)CCNC(=O)c3ccc(C(=O)O)c(-c4c5cc(C)c(=[NH+]CC)cc-5oc5cc(NCC)c(C)cc45)c3)c(=O)[nH]c2=O)O[C@@H]1COP(=O)([O-])OP(=O)([O-])OP(=O)([O-])OC. The van der Waals surface area contributed by atoms with E-state index in [0.29, 0.717) is 59.2 Å². The van der Waals surface area contributed by atoms with Gasteiger partial charge in [-0.05, 0) is 81.1 Å². The number of alkyl carbamates (subject to hydrolysis) is 1. The number of benzene rings is 3. The third-order valence-corrected chi connectivity index (χ3v) is 15.3. The summed E-state index contributed by atoms with van der Waals surface area (Å²) < 4.78 is 74.8. The molecule has 416 valence electrons. The number of H-pyrrole nitrogens is 1. The quantitative estimate of drug-likeness (QED) is 0.0223. The van der Waals surface area contributed by atoms with Crippen LogP contribution in [0.15, 0.2) is 99.3 Å². The number of aromatic carboxylic acids is 1. The Morgan fingerprint density at radius 3 is 2.42 bits per heavy atom. The summed E-state index contributed by atoms with van der Waals surface area (Å²) in [6.45, 7) is 14.8. The molecule has 3 unspecified atom stereocenters. The number of aryl methyl sites for hydroxylation is 2. The first-order valence-corrected chi connectivity index (χ1v) is 27.8. The van der Waals surface area contributed by atoms with E-state index in [-0.39, 0.29) is 55.2 Å². The van der Waals surface area contributed by atoms with Gasteiger partial charge in [0.1, 0.15) is 48.5 Å². The Kier molecular flexibility index (Phi) is 20.0. The lowest BCUT2D eigenvalue weighted by atomic mass is 9.88. The highest BCUT2D eigenvalue weighted by Crippen LogP contribution is 2.62. The molecule has 2 aromatic carbocycles. The van der Waals surface area contributed by atoms with Crippen LogP contribution in [0.1, 0.15) is 63.9 Å². The van der Waals surface area contributed by atoms with Crippen LogP contribution >= 0.6 is 23.5 Å². The number of nitrogens with one attached hydrogen (secondary N) is 5. The Labute approximate surface area is 444 Å². The summed E-state index contributed by atoms with van der Waals surface area (Å²) in [5.74, 6) is 3.70. The molecule has 78 heavy (non-hydrogen) atoms. The van der Waals surface area contributed by atoms with Crippen LogP contribution < -0.4 is 52.2 Å². The average Bonchev–Trinajstić information content (AvgIpc) is 3.78. The molecule has 0 spiro atoms. The topological polar surface area (TPSA) is 374 Å². The number of hydrogen-bond donors (Lipinski definition) is 6. The fraction of sp³-hybridized carbons (Fsp3) is 0.306. The number of amides is 2. The lowest BCUT2D eigenvalue weighted by Crippen LogP contribution is -2.76. The summed E-state index contributed by atoms with van der Waals surface area (Å²) in [7, 11) is -16.9. The van der Waals surface area contributed by atoms with Crippen molar-refractivity contribution in [3.63, 3.8) is 0 Å². The molecule has 29 heteroatoms. The predicted molar refractivity (Wildman–Crippen MR) is 273 cm³/mol.